The summed E-state index contributed by atoms with van der Waals surface area (Å²) in [5, 5.41) is 1.89. The van der Waals surface area contributed by atoms with Crippen LogP contribution in [0.4, 0.5) is 5.82 Å². The minimum Gasteiger partial charge on any atom is -0.264 e. The summed E-state index contributed by atoms with van der Waals surface area (Å²) >= 11 is 3.36. The van der Waals surface area contributed by atoms with Crippen molar-refractivity contribution in [3.8, 4) is 0 Å². The molecule has 2 atom stereocenters. The number of hydrogen-bond donors (Lipinski definition) is 0. The van der Waals surface area contributed by atoms with Crippen LogP contribution >= 0.6 is 15.9 Å². The van der Waals surface area contributed by atoms with Crippen molar-refractivity contribution in [2.75, 3.05) is 5.06 Å². The minimum atomic E-state index is 0.255. The molecule has 0 unspecified atom stereocenters. The maximum Gasteiger partial charge on any atom is 0.153 e. The summed E-state index contributed by atoms with van der Waals surface area (Å²) in [5.74, 6) is 0.880. The van der Waals surface area contributed by atoms with Gasteiger partial charge >= 0.3 is 0 Å². The Kier molecular flexibility index (Phi) is 1.85. The summed E-state index contributed by atoms with van der Waals surface area (Å²) in [6.07, 6.45) is 7.38. The minimum absolute atomic E-state index is 0.255. The molecular formula is C10H9BrN2O. The molecule has 14 heavy (non-hydrogen) atoms. The Morgan fingerprint density at radius 3 is 2.93 bits per heavy atom. The van der Waals surface area contributed by atoms with E-state index < -0.39 is 0 Å². The fourth-order valence-electron chi connectivity index (χ4n) is 1.85. The molecule has 1 aromatic rings. The molecule has 2 bridgehead atoms. The summed E-state index contributed by atoms with van der Waals surface area (Å²) in [4.78, 5) is 9.95. The SMILES string of the molecule is Brc1ccc(N2O[C@H]3C=C[C@@H]2C3)nc1. The number of nitrogens with zero attached hydrogens (tertiary/aromatic N) is 2. The molecule has 1 fully saturated rings. The first-order chi connectivity index (χ1) is 6.83. The van der Waals surface area contributed by atoms with Gasteiger partial charge in [-0.05, 0) is 28.1 Å². The van der Waals surface area contributed by atoms with E-state index in [1.807, 2.05) is 17.2 Å². The standard InChI is InChI=1S/C10H9BrN2O/c11-7-1-4-10(12-6-7)13-8-2-3-9(5-8)14-13/h1-4,6,8-9H,5H2/t8-,9+/m1/s1. The van der Waals surface area contributed by atoms with Gasteiger partial charge in [-0.1, -0.05) is 12.2 Å². The highest BCUT2D eigenvalue weighted by Crippen LogP contribution is 2.32. The van der Waals surface area contributed by atoms with E-state index >= 15 is 0 Å². The van der Waals surface area contributed by atoms with Crippen LogP contribution in [0, 0.1) is 0 Å². The quantitative estimate of drug-likeness (QED) is 0.718. The molecule has 1 aliphatic carbocycles. The summed E-state index contributed by atoms with van der Waals surface area (Å²) in [6, 6.07) is 4.30. The number of pyridine rings is 1. The molecule has 0 radical (unpaired) electrons. The van der Waals surface area contributed by atoms with Crippen LogP contribution in [-0.4, -0.2) is 17.1 Å². The average molecular weight is 253 g/mol. The molecule has 1 aromatic heterocycles. The van der Waals surface area contributed by atoms with Gasteiger partial charge in [-0.3, -0.25) is 4.84 Å². The maximum atomic E-state index is 5.65. The van der Waals surface area contributed by atoms with Gasteiger partial charge in [0, 0.05) is 17.1 Å². The predicted molar refractivity (Wildman–Crippen MR) is 56.8 cm³/mol. The number of anilines is 1. The molecule has 1 aliphatic heterocycles. The Hall–Kier alpha value is -0.870. The van der Waals surface area contributed by atoms with Gasteiger partial charge in [0.05, 0.1) is 6.04 Å². The van der Waals surface area contributed by atoms with Gasteiger partial charge in [-0.15, -0.1) is 0 Å². The van der Waals surface area contributed by atoms with E-state index in [1.165, 1.54) is 0 Å². The summed E-state index contributed by atoms with van der Waals surface area (Å²) in [6.45, 7) is 0. The first-order valence-corrected chi connectivity index (χ1v) is 5.38. The van der Waals surface area contributed by atoms with Gasteiger partial charge in [0.25, 0.3) is 0 Å². The summed E-state index contributed by atoms with van der Waals surface area (Å²) in [5.41, 5.74) is 0. The zero-order chi connectivity index (χ0) is 9.54. The molecule has 3 nitrogen and oxygen atoms in total. The van der Waals surface area contributed by atoms with Crippen molar-refractivity contribution in [1.29, 1.82) is 0 Å². The van der Waals surface area contributed by atoms with E-state index in [2.05, 4.69) is 33.1 Å². The lowest BCUT2D eigenvalue weighted by atomic mass is 10.2. The Bertz CT molecular complexity index is 376. The molecule has 0 aromatic carbocycles. The molecule has 0 amide bonds. The first-order valence-electron chi connectivity index (χ1n) is 4.59. The molecule has 1 saturated heterocycles. The van der Waals surface area contributed by atoms with Gasteiger partial charge in [0.15, 0.2) is 5.82 Å². The molecule has 3 rings (SSSR count). The van der Waals surface area contributed by atoms with Crippen molar-refractivity contribution in [3.63, 3.8) is 0 Å². The van der Waals surface area contributed by atoms with Crippen LogP contribution in [0.2, 0.25) is 0 Å². The summed E-state index contributed by atoms with van der Waals surface area (Å²) < 4.78 is 0.987. The number of halogens is 1. The normalized spacial score (nSPS) is 28.8. The van der Waals surface area contributed by atoms with Gasteiger partial charge in [0.2, 0.25) is 0 Å². The largest absolute Gasteiger partial charge is 0.264 e. The fourth-order valence-corrected chi connectivity index (χ4v) is 2.08. The van der Waals surface area contributed by atoms with Gasteiger partial charge in [-0.25, -0.2) is 10.0 Å². The van der Waals surface area contributed by atoms with E-state index in [0.717, 1.165) is 16.7 Å². The second kappa shape index (κ2) is 3.07. The van der Waals surface area contributed by atoms with Gasteiger partial charge in [-0.2, -0.15) is 0 Å². The van der Waals surface area contributed by atoms with Crippen LogP contribution in [0.15, 0.2) is 35.0 Å². The highest BCUT2D eigenvalue weighted by atomic mass is 79.9. The molecule has 72 valence electrons. The van der Waals surface area contributed by atoms with E-state index in [1.54, 1.807) is 6.20 Å². The zero-order valence-electron chi connectivity index (χ0n) is 7.43. The molecule has 0 spiro atoms. The Morgan fingerprint density at radius 2 is 2.36 bits per heavy atom. The van der Waals surface area contributed by atoms with E-state index in [-0.39, 0.29) is 6.10 Å². The highest BCUT2D eigenvalue weighted by Gasteiger charge is 2.35. The van der Waals surface area contributed by atoms with Crippen LogP contribution in [-0.2, 0) is 4.84 Å². The van der Waals surface area contributed by atoms with Crippen LogP contribution in [0.5, 0.6) is 0 Å². The zero-order valence-corrected chi connectivity index (χ0v) is 9.02. The van der Waals surface area contributed by atoms with Crippen LogP contribution in [0.1, 0.15) is 6.42 Å². The Balaban J connectivity index is 1.90. The number of aromatic nitrogens is 1. The Labute approximate surface area is 90.5 Å². The smallest absolute Gasteiger partial charge is 0.153 e. The Morgan fingerprint density at radius 1 is 1.43 bits per heavy atom. The lowest BCUT2D eigenvalue weighted by Gasteiger charge is -2.23. The lowest BCUT2D eigenvalue weighted by Crippen LogP contribution is -2.28. The lowest BCUT2D eigenvalue weighted by molar-refractivity contribution is 0.109. The molecule has 2 heterocycles. The molecule has 0 saturated carbocycles. The molecule has 2 aliphatic rings. The van der Waals surface area contributed by atoms with Crippen molar-refractivity contribution >= 4 is 21.7 Å². The summed E-state index contributed by atoms with van der Waals surface area (Å²) in [7, 11) is 0. The second-order valence-electron chi connectivity index (χ2n) is 3.49. The van der Waals surface area contributed by atoms with Gasteiger partial charge in [0.1, 0.15) is 6.10 Å². The van der Waals surface area contributed by atoms with Crippen molar-refractivity contribution in [2.24, 2.45) is 0 Å². The maximum absolute atomic E-state index is 5.65. The van der Waals surface area contributed by atoms with Crippen LogP contribution in [0.25, 0.3) is 0 Å². The molecule has 4 heteroatoms. The van der Waals surface area contributed by atoms with E-state index in [0.29, 0.717) is 6.04 Å². The topological polar surface area (TPSA) is 25.4 Å². The fraction of sp³-hybridized carbons (Fsp3) is 0.300. The monoisotopic (exact) mass is 252 g/mol. The van der Waals surface area contributed by atoms with Crippen LogP contribution in [0.3, 0.4) is 0 Å². The number of fused-ring (bicyclic) bond motifs is 2. The predicted octanol–water partition coefficient (Wildman–Crippen LogP) is 2.29. The average Bonchev–Trinajstić information content (AvgIpc) is 2.80. The van der Waals surface area contributed by atoms with Crippen molar-refractivity contribution in [2.45, 2.75) is 18.6 Å². The highest BCUT2D eigenvalue weighted by molar-refractivity contribution is 9.10. The third-order valence-electron chi connectivity index (χ3n) is 2.51. The van der Waals surface area contributed by atoms with Gasteiger partial charge < -0.3 is 0 Å². The van der Waals surface area contributed by atoms with Crippen molar-refractivity contribution < 1.29 is 4.84 Å². The first kappa shape index (κ1) is 8.44. The van der Waals surface area contributed by atoms with E-state index in [4.69, 9.17) is 4.84 Å². The number of hydroxylamine groups is 1. The third kappa shape index (κ3) is 1.26. The molecular weight excluding hydrogens is 244 g/mol. The molecule has 0 N–H and O–H groups in total. The second-order valence-corrected chi connectivity index (χ2v) is 4.41. The van der Waals surface area contributed by atoms with Crippen LogP contribution < -0.4 is 5.06 Å². The third-order valence-corrected chi connectivity index (χ3v) is 2.98. The number of rotatable bonds is 1. The van der Waals surface area contributed by atoms with Crippen molar-refractivity contribution in [1.82, 2.24) is 4.98 Å². The van der Waals surface area contributed by atoms with E-state index in [9.17, 15) is 0 Å². The van der Waals surface area contributed by atoms with Crippen molar-refractivity contribution in [3.05, 3.63) is 35.0 Å². The number of hydrogen-bond acceptors (Lipinski definition) is 3.